The van der Waals surface area contributed by atoms with Gasteiger partial charge in [-0.25, -0.2) is 0 Å². The maximum Gasteiger partial charge on any atom is 0.325 e. The molecule has 8 nitrogen and oxygen atoms in total. The molecular weight excluding hydrogens is 444 g/mol. The number of hydrogen-bond acceptors (Lipinski definition) is 5. The number of benzene rings is 1. The number of methoxy groups -OCH3 is 2. The van der Waals surface area contributed by atoms with Crippen molar-refractivity contribution < 1.29 is 29.0 Å². The number of nitrogens with zero attached hydrogens (tertiary/aromatic N) is 1. The van der Waals surface area contributed by atoms with Gasteiger partial charge in [0.25, 0.3) is 0 Å². The maximum absolute atomic E-state index is 12.5. The first-order chi connectivity index (χ1) is 13.8. The van der Waals surface area contributed by atoms with E-state index >= 15 is 0 Å². The fourth-order valence-corrected chi connectivity index (χ4v) is 3.47. The Morgan fingerprint density at radius 2 is 1.79 bits per heavy atom. The number of ether oxygens (including phenoxy) is 2. The molecule has 2 amide bonds. The van der Waals surface area contributed by atoms with Gasteiger partial charge in [0.15, 0.2) is 11.5 Å². The van der Waals surface area contributed by atoms with Crippen LogP contribution in [0.15, 0.2) is 22.7 Å². The second-order valence-electron chi connectivity index (χ2n) is 6.73. The van der Waals surface area contributed by atoms with Crippen molar-refractivity contribution >= 4 is 39.8 Å². The second-order valence-corrected chi connectivity index (χ2v) is 7.58. The molecular formula is C20H25BrN2O6. The third-order valence-corrected chi connectivity index (χ3v) is 5.50. The molecule has 1 heterocycles. The summed E-state index contributed by atoms with van der Waals surface area (Å²) in [6.07, 6.45) is 4.18. The van der Waals surface area contributed by atoms with Gasteiger partial charge in [0.05, 0.1) is 14.2 Å². The topological polar surface area (TPSA) is 105 Å². The van der Waals surface area contributed by atoms with Gasteiger partial charge in [-0.3, -0.25) is 14.4 Å². The van der Waals surface area contributed by atoms with Crippen LogP contribution in [0.4, 0.5) is 0 Å². The summed E-state index contributed by atoms with van der Waals surface area (Å²) in [6, 6.07) is 2.61. The van der Waals surface area contributed by atoms with Crippen molar-refractivity contribution in [3.05, 3.63) is 28.2 Å². The van der Waals surface area contributed by atoms with Crippen LogP contribution in [0.25, 0.3) is 6.08 Å². The number of rotatable bonds is 7. The van der Waals surface area contributed by atoms with Gasteiger partial charge in [-0.2, -0.15) is 0 Å². The number of hydrogen-bond donors (Lipinski definition) is 2. The molecule has 29 heavy (non-hydrogen) atoms. The summed E-state index contributed by atoms with van der Waals surface area (Å²) in [5.41, 5.74) is 0.771. The van der Waals surface area contributed by atoms with Gasteiger partial charge in [-0.15, -0.1) is 0 Å². The Morgan fingerprint density at radius 3 is 2.34 bits per heavy atom. The molecule has 158 valence electrons. The molecule has 2 N–H and O–H groups in total. The first-order valence-electron chi connectivity index (χ1n) is 9.18. The third-order valence-electron chi connectivity index (χ3n) is 4.81. The average molecular weight is 469 g/mol. The highest BCUT2D eigenvalue weighted by molar-refractivity contribution is 9.10. The summed E-state index contributed by atoms with van der Waals surface area (Å²) in [5, 5.41) is 11.4. The minimum absolute atomic E-state index is 0.149. The van der Waals surface area contributed by atoms with Crippen molar-refractivity contribution in [3.8, 4) is 11.5 Å². The number of likely N-dealkylation sites (tertiary alicyclic amines) is 1. The number of carbonyl (C=O) groups excluding carboxylic acids is 2. The summed E-state index contributed by atoms with van der Waals surface area (Å²) >= 11 is 3.45. The Balaban J connectivity index is 1.95. The van der Waals surface area contributed by atoms with Crippen LogP contribution >= 0.6 is 15.9 Å². The highest BCUT2D eigenvalue weighted by Crippen LogP contribution is 2.34. The van der Waals surface area contributed by atoms with E-state index in [1.807, 2.05) is 0 Å². The van der Waals surface area contributed by atoms with Gasteiger partial charge in [0.1, 0.15) is 6.04 Å². The van der Waals surface area contributed by atoms with Crippen LogP contribution in [-0.4, -0.2) is 61.1 Å². The molecule has 2 rings (SSSR count). The number of carboxylic acid groups (broad SMARTS) is 1. The van der Waals surface area contributed by atoms with E-state index in [4.69, 9.17) is 14.6 Å². The quantitative estimate of drug-likeness (QED) is 0.594. The molecule has 0 radical (unpaired) electrons. The van der Waals surface area contributed by atoms with E-state index in [1.165, 1.54) is 13.0 Å². The first-order valence-corrected chi connectivity index (χ1v) is 9.97. The zero-order chi connectivity index (χ0) is 21.6. The predicted molar refractivity (Wildman–Crippen MR) is 111 cm³/mol. The molecule has 0 aliphatic carbocycles. The Morgan fingerprint density at radius 1 is 1.21 bits per heavy atom. The summed E-state index contributed by atoms with van der Waals surface area (Å²) < 4.78 is 11.3. The first kappa shape index (κ1) is 22.7. The van der Waals surface area contributed by atoms with Gasteiger partial charge in [-0.05, 0) is 43.5 Å². The number of piperidine rings is 1. The Kier molecular flexibility index (Phi) is 8.07. The highest BCUT2D eigenvalue weighted by atomic mass is 79.9. The van der Waals surface area contributed by atoms with Crippen LogP contribution in [-0.2, 0) is 14.4 Å². The molecule has 1 atom stereocenters. The summed E-state index contributed by atoms with van der Waals surface area (Å²) in [4.78, 5) is 37.2. The van der Waals surface area contributed by atoms with Crippen LogP contribution in [0.1, 0.15) is 25.3 Å². The van der Waals surface area contributed by atoms with Crippen LogP contribution in [0.3, 0.4) is 0 Å². The lowest BCUT2D eigenvalue weighted by atomic mass is 9.95. The minimum atomic E-state index is -1.07. The van der Waals surface area contributed by atoms with Crippen molar-refractivity contribution in [3.63, 3.8) is 0 Å². The molecule has 1 fully saturated rings. The summed E-state index contributed by atoms with van der Waals surface area (Å²) in [6.45, 7) is 2.31. The van der Waals surface area contributed by atoms with Crippen molar-refractivity contribution in [2.45, 2.75) is 25.8 Å². The monoisotopic (exact) mass is 468 g/mol. The van der Waals surface area contributed by atoms with Gasteiger partial charge < -0.3 is 24.8 Å². The molecule has 0 aromatic heterocycles. The van der Waals surface area contributed by atoms with Crippen LogP contribution in [0.2, 0.25) is 0 Å². The van der Waals surface area contributed by atoms with E-state index < -0.39 is 12.0 Å². The SMILES string of the molecule is COc1cc(Br)c(C=CC(=O)N2CCC(C(=O)NC(C)C(=O)O)CC2)cc1OC. The second kappa shape index (κ2) is 10.3. The zero-order valence-electron chi connectivity index (χ0n) is 16.6. The number of amides is 2. The van der Waals surface area contributed by atoms with E-state index in [-0.39, 0.29) is 17.7 Å². The highest BCUT2D eigenvalue weighted by Gasteiger charge is 2.28. The zero-order valence-corrected chi connectivity index (χ0v) is 18.2. The summed E-state index contributed by atoms with van der Waals surface area (Å²) in [7, 11) is 3.09. The third kappa shape index (κ3) is 5.96. The molecule has 0 saturated carbocycles. The Labute approximate surface area is 178 Å². The molecule has 1 aliphatic heterocycles. The fraction of sp³-hybridized carbons (Fsp3) is 0.450. The van der Waals surface area contributed by atoms with Gasteiger partial charge in [0, 0.05) is 29.6 Å². The maximum atomic E-state index is 12.5. The molecule has 9 heteroatoms. The standard InChI is InChI=1S/C20H25BrN2O6/c1-12(20(26)27)22-19(25)13-6-8-23(9-7-13)18(24)5-4-14-10-16(28-2)17(29-3)11-15(14)21/h4-5,10-13H,6-9H2,1-3H3,(H,22,25)(H,26,27). The average Bonchev–Trinajstić information content (AvgIpc) is 2.72. The van der Waals surface area contributed by atoms with Crippen LogP contribution < -0.4 is 14.8 Å². The van der Waals surface area contributed by atoms with Crippen molar-refractivity contribution in [2.24, 2.45) is 5.92 Å². The lowest BCUT2D eigenvalue weighted by molar-refractivity contribution is -0.142. The molecule has 1 aliphatic rings. The number of aliphatic carboxylic acids is 1. The van der Waals surface area contributed by atoms with E-state index in [1.54, 1.807) is 37.3 Å². The Hall–Kier alpha value is -2.55. The predicted octanol–water partition coefficient (Wildman–Crippen LogP) is 2.31. The molecule has 1 aromatic rings. The minimum Gasteiger partial charge on any atom is -0.493 e. The number of carboxylic acids is 1. The van der Waals surface area contributed by atoms with Crippen LogP contribution in [0, 0.1) is 5.92 Å². The number of carbonyl (C=O) groups is 3. The lowest BCUT2D eigenvalue weighted by Gasteiger charge is -2.31. The van der Waals surface area contributed by atoms with Crippen LogP contribution in [0.5, 0.6) is 11.5 Å². The number of nitrogens with one attached hydrogen (secondary N) is 1. The molecule has 0 spiro atoms. The van der Waals surface area contributed by atoms with Gasteiger partial charge >= 0.3 is 5.97 Å². The van der Waals surface area contributed by atoms with E-state index in [9.17, 15) is 14.4 Å². The van der Waals surface area contributed by atoms with E-state index in [0.717, 1.165) is 10.0 Å². The summed E-state index contributed by atoms with van der Waals surface area (Å²) in [5.74, 6) is -0.644. The normalized spacial score (nSPS) is 15.8. The van der Waals surface area contributed by atoms with Crippen molar-refractivity contribution in [1.82, 2.24) is 10.2 Å². The van der Waals surface area contributed by atoms with Gasteiger partial charge in [-0.1, -0.05) is 15.9 Å². The van der Waals surface area contributed by atoms with E-state index in [2.05, 4.69) is 21.2 Å². The Bertz CT molecular complexity index is 802. The van der Waals surface area contributed by atoms with E-state index in [0.29, 0.717) is 37.4 Å². The molecule has 1 saturated heterocycles. The fourth-order valence-electron chi connectivity index (χ4n) is 3.02. The smallest absolute Gasteiger partial charge is 0.325 e. The lowest BCUT2D eigenvalue weighted by Crippen LogP contribution is -2.46. The van der Waals surface area contributed by atoms with Gasteiger partial charge in [0.2, 0.25) is 11.8 Å². The number of halogens is 1. The molecule has 0 bridgehead atoms. The molecule has 1 aromatic carbocycles. The van der Waals surface area contributed by atoms with Crippen molar-refractivity contribution in [2.75, 3.05) is 27.3 Å². The largest absolute Gasteiger partial charge is 0.493 e. The van der Waals surface area contributed by atoms with Crippen molar-refractivity contribution in [1.29, 1.82) is 0 Å². The molecule has 1 unspecified atom stereocenters.